The lowest BCUT2D eigenvalue weighted by molar-refractivity contribution is 0.594. The van der Waals surface area contributed by atoms with Crippen molar-refractivity contribution in [2.45, 2.75) is 26.7 Å². The Hall–Kier alpha value is -1.28. The predicted molar refractivity (Wildman–Crippen MR) is 69.9 cm³/mol. The van der Waals surface area contributed by atoms with Gasteiger partial charge in [-0.05, 0) is 40.3 Å². The molecule has 8 heteroatoms. The molecule has 18 heavy (non-hydrogen) atoms. The zero-order chi connectivity index (χ0) is 13.6. The van der Waals surface area contributed by atoms with Crippen LogP contribution in [-0.4, -0.2) is 42.9 Å². The van der Waals surface area contributed by atoms with Gasteiger partial charge in [0.25, 0.3) is 5.95 Å². The minimum atomic E-state index is -3.39. The lowest BCUT2D eigenvalue weighted by Crippen LogP contribution is -2.20. The third-order valence-corrected chi connectivity index (χ3v) is 3.75. The molecule has 0 aliphatic rings. The van der Waals surface area contributed by atoms with Crippen molar-refractivity contribution in [3.8, 4) is 0 Å². The summed E-state index contributed by atoms with van der Waals surface area (Å²) in [6, 6.07) is 0. The lowest BCUT2D eigenvalue weighted by atomic mass is 10.3. The lowest BCUT2D eigenvalue weighted by Gasteiger charge is -2.07. The van der Waals surface area contributed by atoms with Gasteiger partial charge in [0.1, 0.15) is 0 Å². The van der Waals surface area contributed by atoms with Crippen molar-refractivity contribution in [3.63, 3.8) is 0 Å². The fourth-order valence-corrected chi connectivity index (χ4v) is 2.33. The quantitative estimate of drug-likeness (QED) is 0.690. The highest BCUT2D eigenvalue weighted by Crippen LogP contribution is 2.05. The molecule has 0 saturated carbocycles. The summed E-state index contributed by atoms with van der Waals surface area (Å²) in [5, 5.41) is 10.5. The summed E-state index contributed by atoms with van der Waals surface area (Å²) in [5.74, 6) is 0.0945. The van der Waals surface area contributed by atoms with E-state index < -0.39 is 10.0 Å². The maximum Gasteiger partial charge on any atom is 0.256 e. The molecule has 1 aromatic heterocycles. The molecule has 0 atom stereocenters. The number of anilines is 1. The molecular weight excluding hydrogens is 254 g/mol. The van der Waals surface area contributed by atoms with Gasteiger partial charge in [-0.25, -0.2) is 18.1 Å². The Bertz CT molecular complexity index is 489. The van der Waals surface area contributed by atoms with Gasteiger partial charge in [-0.1, -0.05) is 0 Å². The first kappa shape index (κ1) is 14.8. The fraction of sp³-hybridized carbons (Fsp3) is 0.700. The number of aryl methyl sites for hydroxylation is 2. The van der Waals surface area contributed by atoms with Crippen LogP contribution in [0.25, 0.3) is 0 Å². The second-order valence-electron chi connectivity index (χ2n) is 4.04. The second-order valence-corrected chi connectivity index (χ2v) is 5.88. The number of hydrogen-bond acceptors (Lipinski definition) is 6. The number of sulfonamides is 1. The van der Waals surface area contributed by atoms with Crippen LogP contribution < -0.4 is 10.0 Å². The van der Waals surface area contributed by atoms with Gasteiger partial charge in [0, 0.05) is 0 Å². The molecule has 7 nitrogen and oxygen atoms in total. The van der Waals surface area contributed by atoms with Crippen LogP contribution >= 0.6 is 0 Å². The van der Waals surface area contributed by atoms with Gasteiger partial charge in [0.15, 0.2) is 0 Å². The first-order valence-corrected chi connectivity index (χ1v) is 7.43. The van der Waals surface area contributed by atoms with Gasteiger partial charge in [0.05, 0.1) is 17.1 Å². The van der Waals surface area contributed by atoms with E-state index in [0.29, 0.717) is 17.8 Å². The largest absolute Gasteiger partial charge is 0.320 e. The molecule has 1 rings (SSSR count). The van der Waals surface area contributed by atoms with E-state index in [9.17, 15) is 8.42 Å². The van der Waals surface area contributed by atoms with Crippen molar-refractivity contribution in [2.75, 3.05) is 24.1 Å². The third-order valence-electron chi connectivity index (χ3n) is 2.43. The monoisotopic (exact) mass is 273 g/mol. The van der Waals surface area contributed by atoms with Crippen LogP contribution in [0.4, 0.5) is 5.95 Å². The zero-order valence-corrected chi connectivity index (χ0v) is 11.7. The van der Waals surface area contributed by atoms with Crippen molar-refractivity contribution >= 4 is 16.0 Å². The second kappa shape index (κ2) is 6.60. The molecule has 0 radical (unpaired) electrons. The summed E-state index contributed by atoms with van der Waals surface area (Å²) in [4.78, 5) is 4.03. The number of rotatable bonds is 7. The van der Waals surface area contributed by atoms with Crippen molar-refractivity contribution in [1.82, 2.24) is 20.5 Å². The van der Waals surface area contributed by atoms with E-state index in [1.807, 2.05) is 7.05 Å². The Morgan fingerprint density at radius 2 is 1.83 bits per heavy atom. The highest BCUT2D eigenvalue weighted by Gasteiger charge is 2.12. The van der Waals surface area contributed by atoms with Crippen LogP contribution in [-0.2, 0) is 10.0 Å². The number of nitrogens with zero attached hydrogens (tertiary/aromatic N) is 3. The van der Waals surface area contributed by atoms with Gasteiger partial charge in [-0.2, -0.15) is 5.10 Å². The average molecular weight is 273 g/mol. The molecule has 1 heterocycles. The normalized spacial score (nSPS) is 11.5. The highest BCUT2D eigenvalue weighted by molar-refractivity contribution is 7.92. The molecule has 0 fully saturated rings. The third kappa shape index (κ3) is 4.92. The van der Waals surface area contributed by atoms with Crippen LogP contribution in [0.1, 0.15) is 24.2 Å². The zero-order valence-electron chi connectivity index (χ0n) is 10.9. The van der Waals surface area contributed by atoms with Crippen molar-refractivity contribution in [1.29, 1.82) is 0 Å². The first-order valence-electron chi connectivity index (χ1n) is 5.77. The Morgan fingerprint density at radius 1 is 1.11 bits per heavy atom. The standard InChI is InChI=1S/C10H19N5O2S/c1-8-9(2)13-14-10(12-8)15-18(16,17)7-5-4-6-11-3/h11H,4-7H2,1-3H3,(H,12,14,15). The molecule has 2 N–H and O–H groups in total. The Kier molecular flexibility index (Phi) is 5.42. The smallest absolute Gasteiger partial charge is 0.256 e. The minimum absolute atomic E-state index is 0.0340. The fourth-order valence-electron chi connectivity index (χ4n) is 1.28. The summed E-state index contributed by atoms with van der Waals surface area (Å²) in [6.07, 6.45) is 1.40. The number of nitrogens with one attached hydrogen (secondary N) is 2. The van der Waals surface area contributed by atoms with Crippen molar-refractivity contribution in [2.24, 2.45) is 0 Å². The molecule has 0 unspecified atom stereocenters. The van der Waals surface area contributed by atoms with E-state index in [1.54, 1.807) is 13.8 Å². The molecular formula is C10H19N5O2S. The van der Waals surface area contributed by atoms with Gasteiger partial charge in [-0.3, -0.25) is 0 Å². The van der Waals surface area contributed by atoms with E-state index >= 15 is 0 Å². The molecule has 102 valence electrons. The predicted octanol–water partition coefficient (Wildman–Crippen LogP) is 0.230. The maximum absolute atomic E-state index is 11.7. The Morgan fingerprint density at radius 3 is 2.44 bits per heavy atom. The molecule has 0 spiro atoms. The first-order chi connectivity index (χ1) is 8.44. The summed E-state index contributed by atoms with van der Waals surface area (Å²) in [6.45, 7) is 4.33. The molecule has 0 aliphatic carbocycles. The molecule has 0 bridgehead atoms. The maximum atomic E-state index is 11.7. The van der Waals surface area contributed by atoms with Crippen LogP contribution in [0, 0.1) is 13.8 Å². The molecule has 0 aliphatic heterocycles. The van der Waals surface area contributed by atoms with E-state index in [2.05, 4.69) is 25.2 Å². The molecule has 0 amide bonds. The highest BCUT2D eigenvalue weighted by atomic mass is 32.2. The van der Waals surface area contributed by atoms with Gasteiger partial charge in [0.2, 0.25) is 10.0 Å². The number of unbranched alkanes of at least 4 members (excludes halogenated alkanes) is 1. The summed E-state index contributed by atoms with van der Waals surface area (Å²) in [7, 11) is -1.55. The molecule has 1 aromatic rings. The Balaban J connectivity index is 2.56. The SMILES string of the molecule is CNCCCCS(=O)(=O)Nc1nnc(C)c(C)n1. The van der Waals surface area contributed by atoms with Gasteiger partial charge < -0.3 is 5.32 Å². The average Bonchev–Trinajstić information content (AvgIpc) is 2.29. The summed E-state index contributed by atoms with van der Waals surface area (Å²) >= 11 is 0. The van der Waals surface area contributed by atoms with Crippen LogP contribution in [0.2, 0.25) is 0 Å². The van der Waals surface area contributed by atoms with E-state index in [0.717, 1.165) is 13.0 Å². The van der Waals surface area contributed by atoms with E-state index in [-0.39, 0.29) is 11.7 Å². The van der Waals surface area contributed by atoms with Crippen LogP contribution in [0.3, 0.4) is 0 Å². The van der Waals surface area contributed by atoms with Crippen LogP contribution in [0.5, 0.6) is 0 Å². The Labute approximate surface area is 107 Å². The molecule has 0 saturated heterocycles. The van der Waals surface area contributed by atoms with Crippen molar-refractivity contribution < 1.29 is 8.42 Å². The van der Waals surface area contributed by atoms with Gasteiger partial charge in [-0.15, -0.1) is 5.10 Å². The minimum Gasteiger partial charge on any atom is -0.320 e. The summed E-state index contributed by atoms with van der Waals surface area (Å²) in [5.41, 5.74) is 1.35. The number of hydrogen-bond donors (Lipinski definition) is 2. The molecule has 0 aromatic carbocycles. The van der Waals surface area contributed by atoms with Crippen LogP contribution in [0.15, 0.2) is 0 Å². The number of aromatic nitrogens is 3. The van der Waals surface area contributed by atoms with Gasteiger partial charge >= 0.3 is 0 Å². The van der Waals surface area contributed by atoms with E-state index in [1.165, 1.54) is 0 Å². The van der Waals surface area contributed by atoms with Crippen molar-refractivity contribution in [3.05, 3.63) is 11.4 Å². The summed E-state index contributed by atoms with van der Waals surface area (Å²) < 4.78 is 25.8. The van der Waals surface area contributed by atoms with E-state index in [4.69, 9.17) is 0 Å². The topological polar surface area (TPSA) is 96.9 Å².